The second kappa shape index (κ2) is 3.74. The highest BCUT2D eigenvalue weighted by Crippen LogP contribution is 2.42. The van der Waals surface area contributed by atoms with Gasteiger partial charge in [0.25, 0.3) is 0 Å². The van der Waals surface area contributed by atoms with Gasteiger partial charge in [-0.2, -0.15) is 0 Å². The number of carbonyl (C=O) groups is 1. The van der Waals surface area contributed by atoms with Crippen molar-refractivity contribution in [3.05, 3.63) is 22.8 Å². The van der Waals surface area contributed by atoms with Crippen molar-refractivity contribution in [3.63, 3.8) is 0 Å². The van der Waals surface area contributed by atoms with E-state index in [2.05, 4.69) is 0 Å². The highest BCUT2D eigenvalue weighted by Gasteiger charge is 2.33. The molecule has 1 atom stereocenters. The predicted molar refractivity (Wildman–Crippen MR) is 62.3 cm³/mol. The number of fused-ring (bicyclic) bond motifs is 3. The first-order chi connectivity index (χ1) is 8.19. The molecular weight excluding hydrogens is 218 g/mol. The van der Waals surface area contributed by atoms with Gasteiger partial charge in [-0.3, -0.25) is 4.79 Å². The summed E-state index contributed by atoms with van der Waals surface area (Å²) in [4.78, 5) is 11.4. The lowest BCUT2D eigenvalue weighted by Crippen LogP contribution is -2.19. The Kier molecular flexibility index (Phi) is 2.33. The summed E-state index contributed by atoms with van der Waals surface area (Å²) >= 11 is 0. The molecule has 1 aromatic carbocycles. The SMILES string of the molecule is CCOc1cc2c(c3c1CC(=O)O3)CC(N)C2. The molecular formula is C13H15NO3. The van der Waals surface area contributed by atoms with E-state index in [1.807, 2.05) is 13.0 Å². The Bertz CT molecular complexity index is 496. The van der Waals surface area contributed by atoms with E-state index in [1.165, 1.54) is 0 Å². The van der Waals surface area contributed by atoms with Crippen LogP contribution in [-0.4, -0.2) is 18.6 Å². The largest absolute Gasteiger partial charge is 0.493 e. The molecule has 0 amide bonds. The van der Waals surface area contributed by atoms with E-state index in [-0.39, 0.29) is 12.0 Å². The molecule has 0 bridgehead atoms. The van der Waals surface area contributed by atoms with Crippen LogP contribution in [0.4, 0.5) is 0 Å². The van der Waals surface area contributed by atoms with Gasteiger partial charge in [-0.15, -0.1) is 0 Å². The normalized spacial score (nSPS) is 21.1. The molecule has 4 nitrogen and oxygen atoms in total. The van der Waals surface area contributed by atoms with Gasteiger partial charge in [0.1, 0.15) is 11.5 Å². The van der Waals surface area contributed by atoms with Crippen molar-refractivity contribution in [2.45, 2.75) is 32.2 Å². The maximum Gasteiger partial charge on any atom is 0.315 e. The molecule has 1 aliphatic carbocycles. The summed E-state index contributed by atoms with van der Waals surface area (Å²) in [6.07, 6.45) is 1.94. The van der Waals surface area contributed by atoms with Crippen LogP contribution in [0.5, 0.6) is 11.5 Å². The molecule has 1 aromatic rings. The number of carbonyl (C=O) groups excluding carboxylic acids is 1. The Hall–Kier alpha value is -1.55. The first-order valence-corrected chi connectivity index (χ1v) is 5.95. The van der Waals surface area contributed by atoms with Crippen LogP contribution in [0.25, 0.3) is 0 Å². The Morgan fingerprint density at radius 2 is 2.29 bits per heavy atom. The molecule has 0 radical (unpaired) electrons. The van der Waals surface area contributed by atoms with E-state index in [0.29, 0.717) is 18.8 Å². The van der Waals surface area contributed by atoms with E-state index in [0.717, 1.165) is 35.3 Å². The van der Waals surface area contributed by atoms with Crippen molar-refractivity contribution in [3.8, 4) is 11.5 Å². The van der Waals surface area contributed by atoms with Crippen LogP contribution in [0.3, 0.4) is 0 Å². The summed E-state index contributed by atoms with van der Waals surface area (Å²) in [5.74, 6) is 1.29. The fourth-order valence-electron chi connectivity index (χ4n) is 2.66. The van der Waals surface area contributed by atoms with Crippen LogP contribution in [0.15, 0.2) is 6.07 Å². The zero-order chi connectivity index (χ0) is 12.0. The highest BCUT2D eigenvalue weighted by molar-refractivity contribution is 5.84. The Morgan fingerprint density at radius 3 is 3.06 bits per heavy atom. The van der Waals surface area contributed by atoms with Crippen molar-refractivity contribution >= 4 is 5.97 Å². The lowest BCUT2D eigenvalue weighted by atomic mass is 10.0. The number of esters is 1. The molecule has 0 aromatic heterocycles. The summed E-state index contributed by atoms with van der Waals surface area (Å²) in [6.45, 7) is 2.52. The molecule has 1 aliphatic heterocycles. The Balaban J connectivity index is 2.13. The standard InChI is InChI=1S/C13H15NO3/c1-2-16-11-4-7-3-8(14)5-9(7)13-10(11)6-12(15)17-13/h4,8H,2-3,5-6,14H2,1H3. The monoisotopic (exact) mass is 233 g/mol. The zero-order valence-electron chi connectivity index (χ0n) is 9.79. The molecule has 3 rings (SSSR count). The Labute approximate surface area is 99.7 Å². The topological polar surface area (TPSA) is 61.5 Å². The lowest BCUT2D eigenvalue weighted by Gasteiger charge is -2.11. The fourth-order valence-corrected chi connectivity index (χ4v) is 2.66. The van der Waals surface area contributed by atoms with Crippen LogP contribution >= 0.6 is 0 Å². The quantitative estimate of drug-likeness (QED) is 0.611. The summed E-state index contributed by atoms with van der Waals surface area (Å²) < 4.78 is 10.9. The van der Waals surface area contributed by atoms with Crippen LogP contribution in [0.1, 0.15) is 23.6 Å². The third kappa shape index (κ3) is 1.60. The van der Waals surface area contributed by atoms with Gasteiger partial charge in [-0.1, -0.05) is 0 Å². The van der Waals surface area contributed by atoms with Crippen molar-refractivity contribution in [1.82, 2.24) is 0 Å². The third-order valence-electron chi connectivity index (χ3n) is 3.32. The minimum Gasteiger partial charge on any atom is -0.493 e. The molecule has 2 N–H and O–H groups in total. The minimum atomic E-state index is -0.199. The smallest absolute Gasteiger partial charge is 0.315 e. The maximum absolute atomic E-state index is 11.4. The lowest BCUT2D eigenvalue weighted by molar-refractivity contribution is -0.131. The molecule has 17 heavy (non-hydrogen) atoms. The fraction of sp³-hybridized carbons (Fsp3) is 0.462. The summed E-state index contributed by atoms with van der Waals surface area (Å²) in [6, 6.07) is 2.15. The van der Waals surface area contributed by atoms with Crippen molar-refractivity contribution < 1.29 is 14.3 Å². The number of benzene rings is 1. The van der Waals surface area contributed by atoms with Gasteiger partial charge >= 0.3 is 5.97 Å². The van der Waals surface area contributed by atoms with Gasteiger partial charge in [0.05, 0.1) is 13.0 Å². The van der Waals surface area contributed by atoms with Crippen LogP contribution in [0.2, 0.25) is 0 Å². The van der Waals surface area contributed by atoms with Gasteiger partial charge < -0.3 is 15.2 Å². The van der Waals surface area contributed by atoms with E-state index >= 15 is 0 Å². The average Bonchev–Trinajstić information content (AvgIpc) is 2.81. The number of hydrogen-bond acceptors (Lipinski definition) is 4. The number of nitrogens with two attached hydrogens (primary N) is 1. The van der Waals surface area contributed by atoms with Gasteiger partial charge in [-0.25, -0.2) is 0 Å². The van der Waals surface area contributed by atoms with E-state index in [9.17, 15) is 4.79 Å². The first kappa shape index (κ1) is 10.6. The van der Waals surface area contributed by atoms with E-state index in [4.69, 9.17) is 15.2 Å². The van der Waals surface area contributed by atoms with E-state index in [1.54, 1.807) is 0 Å². The van der Waals surface area contributed by atoms with E-state index < -0.39 is 0 Å². The first-order valence-electron chi connectivity index (χ1n) is 5.95. The number of rotatable bonds is 2. The number of ether oxygens (including phenoxy) is 2. The van der Waals surface area contributed by atoms with Crippen LogP contribution in [-0.2, 0) is 24.1 Å². The van der Waals surface area contributed by atoms with Gasteiger partial charge in [0.15, 0.2) is 0 Å². The van der Waals surface area contributed by atoms with Gasteiger partial charge in [0, 0.05) is 17.2 Å². The van der Waals surface area contributed by atoms with Crippen LogP contribution in [0, 0.1) is 0 Å². The Morgan fingerprint density at radius 1 is 1.47 bits per heavy atom. The molecule has 0 fully saturated rings. The maximum atomic E-state index is 11.4. The van der Waals surface area contributed by atoms with Crippen molar-refractivity contribution in [2.75, 3.05) is 6.61 Å². The highest BCUT2D eigenvalue weighted by atomic mass is 16.5. The molecule has 90 valence electrons. The molecule has 0 saturated carbocycles. The van der Waals surface area contributed by atoms with Crippen LogP contribution < -0.4 is 15.2 Å². The van der Waals surface area contributed by atoms with Crippen molar-refractivity contribution in [1.29, 1.82) is 0 Å². The predicted octanol–water partition coefficient (Wildman–Crippen LogP) is 0.973. The third-order valence-corrected chi connectivity index (χ3v) is 3.32. The van der Waals surface area contributed by atoms with Gasteiger partial charge in [-0.05, 0) is 31.4 Å². The second-order valence-electron chi connectivity index (χ2n) is 4.57. The molecule has 1 unspecified atom stereocenters. The molecule has 0 spiro atoms. The summed E-state index contributed by atoms with van der Waals surface area (Å²) in [5.41, 5.74) is 9.11. The zero-order valence-corrected chi connectivity index (χ0v) is 9.79. The molecule has 4 heteroatoms. The average molecular weight is 233 g/mol. The number of hydrogen-bond donors (Lipinski definition) is 1. The molecule has 0 saturated heterocycles. The minimum absolute atomic E-state index is 0.130. The molecule has 2 aliphatic rings. The second-order valence-corrected chi connectivity index (χ2v) is 4.57. The van der Waals surface area contributed by atoms with Crippen molar-refractivity contribution in [2.24, 2.45) is 5.73 Å². The summed E-state index contributed by atoms with van der Waals surface area (Å²) in [7, 11) is 0. The molecule has 1 heterocycles. The summed E-state index contributed by atoms with van der Waals surface area (Å²) in [5, 5.41) is 0. The van der Waals surface area contributed by atoms with Gasteiger partial charge in [0.2, 0.25) is 0 Å².